The monoisotopic (exact) mass is 654 g/mol. The number of aromatic hydroxyl groups is 2. The SMILES string of the molecule is COc1c([C@H]2O[C@H](CO)[C@@H](O)[C@H](O)[C@H]2O)cc2c(c1O)CC(=O)c1cc([C@H]3O[C@H](CO)[C@@H](O)[C@H](O)[C@H]3O)c(OC)c(O)c1OC2=O. The lowest BCUT2D eigenvalue weighted by Crippen LogP contribution is -2.55. The summed E-state index contributed by atoms with van der Waals surface area (Å²) in [5, 5.41) is 104. The van der Waals surface area contributed by atoms with E-state index in [1.54, 1.807) is 0 Å². The Morgan fingerprint density at radius 3 is 1.61 bits per heavy atom. The molecule has 252 valence electrons. The summed E-state index contributed by atoms with van der Waals surface area (Å²) in [6.45, 7) is -1.53. The van der Waals surface area contributed by atoms with Crippen LogP contribution < -0.4 is 14.2 Å². The van der Waals surface area contributed by atoms with Gasteiger partial charge in [-0.3, -0.25) is 4.79 Å². The minimum absolute atomic E-state index is 0.208. The Kier molecular flexibility index (Phi) is 9.45. The minimum atomic E-state index is -1.83. The molecule has 0 bridgehead atoms. The number of methoxy groups -OCH3 is 2. The molecule has 17 heteroatoms. The molecule has 0 spiro atoms. The van der Waals surface area contributed by atoms with Gasteiger partial charge in [-0.2, -0.15) is 0 Å². The Morgan fingerprint density at radius 2 is 1.15 bits per heavy atom. The second kappa shape index (κ2) is 12.9. The van der Waals surface area contributed by atoms with E-state index in [-0.39, 0.29) is 22.4 Å². The smallest absolute Gasteiger partial charge is 0.344 e. The minimum Gasteiger partial charge on any atom is -0.504 e. The molecule has 0 unspecified atom stereocenters. The molecule has 0 aliphatic carbocycles. The van der Waals surface area contributed by atoms with E-state index in [0.717, 1.165) is 26.4 Å². The molecular formula is C29H34O17. The third-order valence-corrected chi connectivity index (χ3v) is 8.48. The number of esters is 1. The van der Waals surface area contributed by atoms with Gasteiger partial charge in [-0.1, -0.05) is 0 Å². The van der Waals surface area contributed by atoms with Gasteiger partial charge < -0.3 is 74.7 Å². The quantitative estimate of drug-likeness (QED) is 0.110. The van der Waals surface area contributed by atoms with Crippen molar-refractivity contribution in [2.75, 3.05) is 27.4 Å². The lowest BCUT2D eigenvalue weighted by atomic mass is 9.86. The van der Waals surface area contributed by atoms with Crippen LogP contribution in [0.15, 0.2) is 12.1 Å². The first kappa shape index (κ1) is 33.7. The summed E-state index contributed by atoms with van der Waals surface area (Å²) < 4.78 is 27.2. The molecule has 10 atom stereocenters. The van der Waals surface area contributed by atoms with Crippen molar-refractivity contribution in [2.24, 2.45) is 0 Å². The highest BCUT2D eigenvalue weighted by Gasteiger charge is 2.48. The number of phenolic OH excluding ortho intramolecular Hbond substituents is 2. The van der Waals surface area contributed by atoms with Crippen LogP contribution >= 0.6 is 0 Å². The van der Waals surface area contributed by atoms with Crippen molar-refractivity contribution in [2.45, 2.75) is 67.5 Å². The molecular weight excluding hydrogens is 620 g/mol. The summed E-state index contributed by atoms with van der Waals surface area (Å²) >= 11 is 0. The van der Waals surface area contributed by atoms with Gasteiger partial charge in [0.25, 0.3) is 0 Å². The Balaban J connectivity index is 1.62. The van der Waals surface area contributed by atoms with E-state index in [0.29, 0.717) is 0 Å². The predicted octanol–water partition coefficient (Wildman–Crippen LogP) is -2.90. The lowest BCUT2D eigenvalue weighted by Gasteiger charge is -2.41. The highest BCUT2D eigenvalue weighted by molar-refractivity contribution is 6.07. The number of hydrogen-bond acceptors (Lipinski definition) is 17. The fourth-order valence-electron chi connectivity index (χ4n) is 6.01. The number of fused-ring (bicyclic) bond motifs is 2. The lowest BCUT2D eigenvalue weighted by molar-refractivity contribution is -0.232. The van der Waals surface area contributed by atoms with E-state index in [2.05, 4.69) is 0 Å². The number of rotatable bonds is 6. The first-order chi connectivity index (χ1) is 21.8. The highest BCUT2D eigenvalue weighted by Crippen LogP contribution is 2.50. The number of phenols is 2. The molecule has 2 saturated heterocycles. The van der Waals surface area contributed by atoms with Crippen LogP contribution in [-0.2, 0) is 15.9 Å². The van der Waals surface area contributed by atoms with Gasteiger partial charge in [-0.25, -0.2) is 4.79 Å². The Labute approximate surface area is 260 Å². The van der Waals surface area contributed by atoms with Crippen LogP contribution in [0.2, 0.25) is 0 Å². The number of carbonyl (C=O) groups excluding carboxylic acids is 2. The number of aliphatic hydroxyl groups is 8. The topological polar surface area (TPSA) is 283 Å². The number of benzene rings is 2. The molecule has 5 rings (SSSR count). The molecule has 3 aliphatic rings. The zero-order chi connectivity index (χ0) is 33.8. The molecule has 2 aromatic rings. The molecule has 0 aromatic heterocycles. The average Bonchev–Trinajstić information content (AvgIpc) is 3.03. The van der Waals surface area contributed by atoms with Gasteiger partial charge in [-0.05, 0) is 12.1 Å². The van der Waals surface area contributed by atoms with Crippen molar-refractivity contribution < 1.29 is 84.3 Å². The molecule has 2 fully saturated rings. The summed E-state index contributed by atoms with van der Waals surface area (Å²) in [4.78, 5) is 27.3. The van der Waals surface area contributed by atoms with Crippen LogP contribution in [0, 0.1) is 0 Å². The van der Waals surface area contributed by atoms with Crippen LogP contribution in [-0.4, -0.2) is 139 Å². The van der Waals surface area contributed by atoms with E-state index < -0.39 is 127 Å². The van der Waals surface area contributed by atoms with Gasteiger partial charge >= 0.3 is 5.97 Å². The maximum absolute atomic E-state index is 13.7. The number of aliphatic hydroxyl groups excluding tert-OH is 8. The van der Waals surface area contributed by atoms with Gasteiger partial charge in [0.15, 0.2) is 28.8 Å². The van der Waals surface area contributed by atoms with E-state index in [1.165, 1.54) is 0 Å². The van der Waals surface area contributed by atoms with E-state index in [4.69, 9.17) is 23.7 Å². The van der Waals surface area contributed by atoms with Crippen LogP contribution in [0.5, 0.6) is 28.7 Å². The van der Waals surface area contributed by atoms with Crippen LogP contribution in [0.3, 0.4) is 0 Å². The van der Waals surface area contributed by atoms with Gasteiger partial charge in [-0.15, -0.1) is 0 Å². The zero-order valence-electron chi connectivity index (χ0n) is 24.4. The maximum Gasteiger partial charge on any atom is 0.344 e. The largest absolute Gasteiger partial charge is 0.504 e. The average molecular weight is 655 g/mol. The van der Waals surface area contributed by atoms with Crippen molar-refractivity contribution in [3.8, 4) is 28.7 Å². The normalized spacial score (nSPS) is 32.9. The summed E-state index contributed by atoms with van der Waals surface area (Å²) in [5.41, 5.74) is -1.57. The molecule has 3 heterocycles. The van der Waals surface area contributed by atoms with E-state index in [9.17, 15) is 60.7 Å². The molecule has 0 radical (unpaired) electrons. The third kappa shape index (κ3) is 5.33. The van der Waals surface area contributed by atoms with Crippen molar-refractivity contribution >= 4 is 11.8 Å². The van der Waals surface area contributed by atoms with Crippen LogP contribution in [0.25, 0.3) is 0 Å². The van der Waals surface area contributed by atoms with Crippen molar-refractivity contribution in [3.63, 3.8) is 0 Å². The molecule has 0 amide bonds. The predicted molar refractivity (Wildman–Crippen MR) is 148 cm³/mol. The van der Waals surface area contributed by atoms with Crippen molar-refractivity contribution in [1.29, 1.82) is 0 Å². The first-order valence-electron chi connectivity index (χ1n) is 14.0. The molecule has 46 heavy (non-hydrogen) atoms. The van der Waals surface area contributed by atoms with Crippen LogP contribution in [0.1, 0.15) is 49.6 Å². The Morgan fingerprint density at radius 1 is 0.696 bits per heavy atom. The Bertz CT molecular complexity index is 1390. The fourth-order valence-corrected chi connectivity index (χ4v) is 6.01. The standard InChI is InChI=1S/C29H34O17/c1-42-24-11(27-21(38)19(36)17(34)14(6-30)44-27)3-9-8(16(24)33)5-13(32)10-4-12(25(43-2)23(40)26(10)46-29(9)41)28-22(39)20(37)18(35)15(7-31)45-28/h3-4,14-15,17-22,27-28,30-31,33-40H,5-7H2,1-2H3/t14-,15-,17-,18-,19+,20+,21-,22-,27-,28-/m1/s1. The molecule has 17 nitrogen and oxygen atoms in total. The second-order valence-electron chi connectivity index (χ2n) is 11.1. The number of ether oxygens (including phenoxy) is 5. The molecule has 10 N–H and O–H groups in total. The van der Waals surface area contributed by atoms with Gasteiger partial charge in [0.2, 0.25) is 5.75 Å². The number of Topliss-reactive ketones (excluding diaryl/α,β-unsaturated/α-hetero) is 1. The first-order valence-corrected chi connectivity index (χ1v) is 14.0. The number of ketones is 1. The van der Waals surface area contributed by atoms with E-state index in [1.807, 2.05) is 0 Å². The van der Waals surface area contributed by atoms with Crippen molar-refractivity contribution in [3.05, 3.63) is 39.9 Å². The van der Waals surface area contributed by atoms with Gasteiger partial charge in [0.05, 0.1) is 38.6 Å². The van der Waals surface area contributed by atoms with Crippen molar-refractivity contribution in [1.82, 2.24) is 0 Å². The van der Waals surface area contributed by atoms with Gasteiger partial charge in [0.1, 0.15) is 61.0 Å². The van der Waals surface area contributed by atoms with E-state index >= 15 is 0 Å². The fraction of sp³-hybridized carbons (Fsp3) is 0.517. The molecule has 3 aliphatic heterocycles. The maximum atomic E-state index is 13.7. The zero-order valence-corrected chi connectivity index (χ0v) is 24.4. The summed E-state index contributed by atoms with van der Waals surface area (Å²) in [5.74, 6) is -5.17. The molecule has 0 saturated carbocycles. The highest BCUT2D eigenvalue weighted by atomic mass is 16.6. The summed E-state index contributed by atoms with van der Waals surface area (Å²) in [6.07, 6.45) is -17.2. The molecule has 2 aromatic carbocycles. The Hall–Kier alpha value is -3.62. The number of hydrogen-bond donors (Lipinski definition) is 10. The number of carbonyl (C=O) groups is 2. The second-order valence-corrected chi connectivity index (χ2v) is 11.1. The summed E-state index contributed by atoms with van der Waals surface area (Å²) in [6, 6.07) is 2.13. The van der Waals surface area contributed by atoms with Gasteiger partial charge in [0, 0.05) is 23.1 Å². The summed E-state index contributed by atoms with van der Waals surface area (Å²) in [7, 11) is 2.23. The third-order valence-electron chi connectivity index (χ3n) is 8.48. The van der Waals surface area contributed by atoms with Crippen LogP contribution in [0.4, 0.5) is 0 Å².